The number of amides is 1. The van der Waals surface area contributed by atoms with Gasteiger partial charge in [0.05, 0.1) is 18.8 Å². The summed E-state index contributed by atoms with van der Waals surface area (Å²) in [6.45, 7) is 9.72. The molecule has 4 heteroatoms. The number of carbonyl (C=O) groups excluding carboxylic acids is 2. The average molecular weight is 212 g/mol. The van der Waals surface area contributed by atoms with E-state index >= 15 is 0 Å². The topological polar surface area (TPSA) is 49.4 Å². The van der Waals surface area contributed by atoms with Crippen molar-refractivity contribution < 1.29 is 9.59 Å². The molecule has 0 aromatic carbocycles. The molecule has 1 saturated heterocycles. The van der Waals surface area contributed by atoms with Crippen molar-refractivity contribution in [2.24, 2.45) is 5.41 Å². The van der Waals surface area contributed by atoms with Crippen LogP contribution in [0.4, 0.5) is 0 Å². The molecule has 1 N–H and O–H groups in total. The lowest BCUT2D eigenvalue weighted by Gasteiger charge is -2.28. The Morgan fingerprint density at radius 3 is 2.40 bits per heavy atom. The third kappa shape index (κ3) is 2.37. The van der Waals surface area contributed by atoms with Crippen molar-refractivity contribution in [3.8, 4) is 0 Å². The molecule has 1 aliphatic heterocycles. The van der Waals surface area contributed by atoms with Crippen molar-refractivity contribution in [2.45, 2.75) is 46.7 Å². The summed E-state index contributed by atoms with van der Waals surface area (Å²) in [7, 11) is 0. The summed E-state index contributed by atoms with van der Waals surface area (Å²) in [5, 5.41) is 3.03. The van der Waals surface area contributed by atoms with Gasteiger partial charge in [-0.25, -0.2) is 0 Å². The van der Waals surface area contributed by atoms with E-state index in [0.717, 1.165) is 0 Å². The van der Waals surface area contributed by atoms with Gasteiger partial charge in [0.15, 0.2) is 5.78 Å². The summed E-state index contributed by atoms with van der Waals surface area (Å²) < 4.78 is 0. The van der Waals surface area contributed by atoms with Crippen LogP contribution in [0.5, 0.6) is 0 Å². The monoisotopic (exact) mass is 212 g/mol. The predicted molar refractivity (Wildman–Crippen MR) is 58.2 cm³/mol. The van der Waals surface area contributed by atoms with Crippen LogP contribution in [0, 0.1) is 5.41 Å². The zero-order valence-corrected chi connectivity index (χ0v) is 10.1. The fourth-order valence-corrected chi connectivity index (χ4v) is 1.75. The first-order valence-corrected chi connectivity index (χ1v) is 5.33. The zero-order valence-electron chi connectivity index (χ0n) is 10.1. The lowest BCUT2D eigenvalue weighted by Crippen LogP contribution is -2.45. The SMILES string of the molecule is CC1NCN(C(C)C(=O)C(C)(C)C)C1=O. The van der Waals surface area contributed by atoms with Crippen LogP contribution in [-0.2, 0) is 9.59 Å². The van der Waals surface area contributed by atoms with Gasteiger partial charge in [-0.15, -0.1) is 0 Å². The molecule has 0 aromatic rings. The second-order valence-corrected chi connectivity index (χ2v) is 5.18. The fourth-order valence-electron chi connectivity index (χ4n) is 1.75. The molecule has 0 saturated carbocycles. The van der Waals surface area contributed by atoms with E-state index in [1.165, 1.54) is 0 Å². The van der Waals surface area contributed by atoms with E-state index in [2.05, 4.69) is 5.32 Å². The van der Waals surface area contributed by atoms with Gasteiger partial charge in [0.2, 0.25) is 5.91 Å². The number of hydrogen-bond donors (Lipinski definition) is 1. The second kappa shape index (κ2) is 3.93. The number of carbonyl (C=O) groups is 2. The first-order valence-electron chi connectivity index (χ1n) is 5.33. The van der Waals surface area contributed by atoms with Gasteiger partial charge in [0, 0.05) is 5.41 Å². The quantitative estimate of drug-likeness (QED) is 0.735. The summed E-state index contributed by atoms with van der Waals surface area (Å²) in [6.07, 6.45) is 0. The molecule has 1 aliphatic rings. The maximum absolute atomic E-state index is 12.0. The van der Waals surface area contributed by atoms with E-state index in [0.29, 0.717) is 6.67 Å². The Morgan fingerprint density at radius 1 is 1.53 bits per heavy atom. The summed E-state index contributed by atoms with van der Waals surface area (Å²) in [4.78, 5) is 25.3. The highest BCUT2D eigenvalue weighted by Crippen LogP contribution is 2.21. The van der Waals surface area contributed by atoms with Crippen molar-refractivity contribution in [1.82, 2.24) is 10.2 Å². The molecule has 0 bridgehead atoms. The van der Waals surface area contributed by atoms with Crippen LogP contribution in [0.3, 0.4) is 0 Å². The van der Waals surface area contributed by atoms with Gasteiger partial charge in [-0.2, -0.15) is 0 Å². The van der Waals surface area contributed by atoms with Gasteiger partial charge >= 0.3 is 0 Å². The Labute approximate surface area is 91.0 Å². The Balaban J connectivity index is 2.74. The molecule has 4 nitrogen and oxygen atoms in total. The maximum Gasteiger partial charge on any atom is 0.241 e. The highest BCUT2D eigenvalue weighted by Gasteiger charge is 2.37. The molecule has 0 aliphatic carbocycles. The van der Waals surface area contributed by atoms with Gasteiger partial charge in [0.1, 0.15) is 0 Å². The van der Waals surface area contributed by atoms with E-state index in [4.69, 9.17) is 0 Å². The minimum absolute atomic E-state index is 0.0140. The van der Waals surface area contributed by atoms with Crippen LogP contribution in [0.25, 0.3) is 0 Å². The van der Waals surface area contributed by atoms with Gasteiger partial charge in [-0.1, -0.05) is 20.8 Å². The highest BCUT2D eigenvalue weighted by atomic mass is 16.2. The summed E-state index contributed by atoms with van der Waals surface area (Å²) in [6, 6.07) is -0.504. The first kappa shape index (κ1) is 12.2. The molecule has 1 heterocycles. The highest BCUT2D eigenvalue weighted by molar-refractivity contribution is 5.93. The van der Waals surface area contributed by atoms with Crippen molar-refractivity contribution >= 4 is 11.7 Å². The summed E-state index contributed by atoms with van der Waals surface area (Å²) in [5.41, 5.74) is -0.397. The lowest BCUT2D eigenvalue weighted by atomic mass is 9.86. The van der Waals surface area contributed by atoms with Crippen LogP contribution in [0.2, 0.25) is 0 Å². The molecule has 2 unspecified atom stereocenters. The molecule has 0 aromatic heterocycles. The van der Waals surface area contributed by atoms with E-state index in [9.17, 15) is 9.59 Å². The molecule has 0 spiro atoms. The standard InChI is InChI=1S/C11H20N2O2/c1-7-10(15)13(6-12-7)8(2)9(14)11(3,4)5/h7-8,12H,6H2,1-5H3. The number of nitrogens with one attached hydrogen (secondary N) is 1. The molecule has 1 fully saturated rings. The summed E-state index contributed by atoms with van der Waals surface area (Å²) in [5.74, 6) is 0.117. The number of rotatable bonds is 2. The number of ketones is 1. The van der Waals surface area contributed by atoms with Crippen molar-refractivity contribution in [3.63, 3.8) is 0 Å². The Hall–Kier alpha value is -0.900. The maximum atomic E-state index is 12.0. The Bertz CT molecular complexity index is 281. The van der Waals surface area contributed by atoms with E-state index < -0.39 is 5.41 Å². The van der Waals surface area contributed by atoms with Crippen LogP contribution in [0.1, 0.15) is 34.6 Å². The Morgan fingerprint density at radius 2 is 2.07 bits per heavy atom. The van der Waals surface area contributed by atoms with Crippen LogP contribution < -0.4 is 5.32 Å². The molecule has 15 heavy (non-hydrogen) atoms. The number of hydrogen-bond acceptors (Lipinski definition) is 3. The predicted octanol–water partition coefficient (Wildman–Crippen LogP) is 0.768. The third-order valence-corrected chi connectivity index (χ3v) is 2.81. The fraction of sp³-hybridized carbons (Fsp3) is 0.818. The third-order valence-electron chi connectivity index (χ3n) is 2.81. The molecular formula is C11H20N2O2. The molecule has 1 rings (SSSR count). The van der Waals surface area contributed by atoms with Gasteiger partial charge in [-0.3, -0.25) is 14.9 Å². The molecule has 1 amide bonds. The Kier molecular flexibility index (Phi) is 3.19. The van der Waals surface area contributed by atoms with Crippen LogP contribution in [-0.4, -0.2) is 35.3 Å². The minimum Gasteiger partial charge on any atom is -0.319 e. The second-order valence-electron chi connectivity index (χ2n) is 5.18. The largest absolute Gasteiger partial charge is 0.319 e. The van der Waals surface area contributed by atoms with Gasteiger partial charge in [-0.05, 0) is 13.8 Å². The van der Waals surface area contributed by atoms with E-state index in [1.807, 2.05) is 27.7 Å². The average Bonchev–Trinajstić information content (AvgIpc) is 2.44. The molecule has 2 atom stereocenters. The first-order chi connectivity index (χ1) is 6.75. The smallest absolute Gasteiger partial charge is 0.241 e. The number of Topliss-reactive ketones (excluding diaryl/α,β-unsaturated/α-hetero) is 1. The van der Waals surface area contributed by atoms with Gasteiger partial charge < -0.3 is 4.90 Å². The number of nitrogens with zero attached hydrogens (tertiary/aromatic N) is 1. The lowest BCUT2D eigenvalue weighted by molar-refractivity contribution is -0.139. The van der Waals surface area contributed by atoms with Gasteiger partial charge in [0.25, 0.3) is 0 Å². The van der Waals surface area contributed by atoms with Crippen LogP contribution in [0.15, 0.2) is 0 Å². The van der Waals surface area contributed by atoms with Crippen molar-refractivity contribution in [1.29, 1.82) is 0 Å². The van der Waals surface area contributed by atoms with Crippen molar-refractivity contribution in [2.75, 3.05) is 6.67 Å². The molecule has 0 radical (unpaired) electrons. The van der Waals surface area contributed by atoms with Crippen LogP contribution >= 0.6 is 0 Å². The zero-order chi connectivity index (χ0) is 11.8. The summed E-state index contributed by atoms with van der Waals surface area (Å²) >= 11 is 0. The normalized spacial score (nSPS) is 24.5. The minimum atomic E-state index is -0.397. The van der Waals surface area contributed by atoms with Crippen molar-refractivity contribution in [3.05, 3.63) is 0 Å². The van der Waals surface area contributed by atoms with E-state index in [-0.39, 0.29) is 23.8 Å². The van der Waals surface area contributed by atoms with E-state index in [1.54, 1.807) is 11.8 Å². The molecular weight excluding hydrogens is 192 g/mol. The molecule has 86 valence electrons.